The first-order chi connectivity index (χ1) is 15.4. The maximum Gasteiger partial charge on any atom is 0.0594 e. The average molecular weight is 456 g/mol. The number of oxime groups is 1. The molecule has 2 N–H and O–H groups in total. The number of aliphatic hydroxyl groups is 1. The van der Waals surface area contributed by atoms with E-state index in [0.717, 1.165) is 25.2 Å². The van der Waals surface area contributed by atoms with Gasteiger partial charge in [0, 0.05) is 5.41 Å². The molecule has 5 aliphatic rings. The van der Waals surface area contributed by atoms with Gasteiger partial charge in [-0.2, -0.15) is 0 Å². The molecule has 5 aliphatic carbocycles. The first kappa shape index (κ1) is 23.9. The normalized spacial score (nSPS) is 55.4. The van der Waals surface area contributed by atoms with Crippen LogP contribution in [0.4, 0.5) is 0 Å². The van der Waals surface area contributed by atoms with Crippen molar-refractivity contribution in [1.82, 2.24) is 0 Å². The quantitative estimate of drug-likeness (QED) is 0.196. The van der Waals surface area contributed by atoms with Crippen molar-refractivity contribution in [3.63, 3.8) is 0 Å². The number of allylic oxidation sites excluding steroid dienone is 1. The van der Waals surface area contributed by atoms with Crippen molar-refractivity contribution < 1.29 is 10.3 Å². The van der Waals surface area contributed by atoms with Gasteiger partial charge in [0.1, 0.15) is 0 Å². The highest BCUT2D eigenvalue weighted by Gasteiger charge is 2.70. The molecule has 5 saturated carbocycles. The third kappa shape index (κ3) is 2.87. The molecule has 0 unspecified atom stereocenters. The van der Waals surface area contributed by atoms with Crippen LogP contribution in [-0.4, -0.2) is 22.6 Å². The molecule has 33 heavy (non-hydrogen) atoms. The minimum absolute atomic E-state index is 0.0158. The molecule has 0 bridgehead atoms. The van der Waals surface area contributed by atoms with Gasteiger partial charge in [0.05, 0.1) is 12.3 Å². The summed E-state index contributed by atoms with van der Waals surface area (Å²) in [5.74, 6) is 3.16. The van der Waals surface area contributed by atoms with Gasteiger partial charge < -0.3 is 10.3 Å². The lowest BCUT2D eigenvalue weighted by molar-refractivity contribution is -0.243. The molecule has 0 aromatic rings. The summed E-state index contributed by atoms with van der Waals surface area (Å²) < 4.78 is 0. The Morgan fingerprint density at radius 3 is 2.24 bits per heavy atom. The molecule has 0 aliphatic heterocycles. The Morgan fingerprint density at radius 2 is 1.58 bits per heavy atom. The molecule has 0 radical (unpaired) electrons. The molecule has 3 nitrogen and oxygen atoms in total. The standard InChI is InChI=1S/C30H49NO2/c1-19(2)20-10-15-30(18-31-33)17-16-28(6)21(25(20)30)8-9-23-27(5)13-12-24(32)26(3,4)22(27)11-14-29(23,28)7/h18,20-25,32-33H,1,8-17H2,2-7H3/b31-18-/t20-,21+,22-,23+,24-,25+,27-,28+,29+,30+/m0/s1. The topological polar surface area (TPSA) is 52.8 Å². The molecule has 5 fully saturated rings. The minimum Gasteiger partial charge on any atom is -0.411 e. The van der Waals surface area contributed by atoms with E-state index in [1.807, 2.05) is 6.21 Å². The largest absolute Gasteiger partial charge is 0.411 e. The number of rotatable bonds is 2. The van der Waals surface area contributed by atoms with E-state index in [2.05, 4.69) is 53.3 Å². The van der Waals surface area contributed by atoms with Crippen LogP contribution in [0.2, 0.25) is 0 Å². The monoisotopic (exact) mass is 455 g/mol. The molecule has 0 aromatic heterocycles. The van der Waals surface area contributed by atoms with Crippen molar-refractivity contribution in [3.8, 4) is 0 Å². The lowest BCUT2D eigenvalue weighted by Gasteiger charge is -2.72. The summed E-state index contributed by atoms with van der Waals surface area (Å²) in [6.45, 7) is 19.3. The van der Waals surface area contributed by atoms with Crippen LogP contribution in [0.25, 0.3) is 0 Å². The summed E-state index contributed by atoms with van der Waals surface area (Å²) in [4.78, 5) is 0. The lowest BCUT2D eigenvalue weighted by Crippen LogP contribution is -2.66. The fourth-order valence-electron chi connectivity index (χ4n) is 11.5. The van der Waals surface area contributed by atoms with Crippen molar-refractivity contribution in [2.24, 2.45) is 61.8 Å². The summed E-state index contributed by atoms with van der Waals surface area (Å²) in [6, 6.07) is 0. The fraction of sp³-hybridized carbons (Fsp3) is 0.900. The first-order valence-corrected chi connectivity index (χ1v) is 13.9. The number of hydrogen-bond acceptors (Lipinski definition) is 3. The van der Waals surface area contributed by atoms with Gasteiger partial charge in [-0.1, -0.05) is 46.8 Å². The molecular formula is C30H49NO2. The van der Waals surface area contributed by atoms with Gasteiger partial charge in [-0.15, -0.1) is 5.16 Å². The van der Waals surface area contributed by atoms with Crippen molar-refractivity contribution in [1.29, 1.82) is 0 Å². The van der Waals surface area contributed by atoms with Crippen LogP contribution in [0.15, 0.2) is 17.3 Å². The van der Waals surface area contributed by atoms with Crippen molar-refractivity contribution in [3.05, 3.63) is 12.2 Å². The molecule has 10 atom stereocenters. The Labute approximate surface area is 202 Å². The van der Waals surface area contributed by atoms with Crippen molar-refractivity contribution >= 4 is 6.21 Å². The van der Waals surface area contributed by atoms with Crippen LogP contribution in [0.3, 0.4) is 0 Å². The highest BCUT2D eigenvalue weighted by atomic mass is 16.4. The Kier molecular flexibility index (Phi) is 5.31. The van der Waals surface area contributed by atoms with E-state index in [0.29, 0.717) is 39.9 Å². The first-order valence-electron chi connectivity index (χ1n) is 13.9. The Hall–Kier alpha value is -0.830. The zero-order valence-corrected chi connectivity index (χ0v) is 22.2. The number of aliphatic hydroxyl groups excluding tert-OH is 1. The lowest BCUT2D eigenvalue weighted by atomic mass is 9.32. The summed E-state index contributed by atoms with van der Waals surface area (Å²) in [5.41, 5.74) is 2.40. The van der Waals surface area contributed by atoms with Crippen LogP contribution in [-0.2, 0) is 0 Å². The number of fused-ring (bicyclic) bond motifs is 7. The molecule has 0 saturated heterocycles. The van der Waals surface area contributed by atoms with Crippen LogP contribution in [0.1, 0.15) is 106 Å². The Bertz CT molecular complexity index is 848. The smallest absolute Gasteiger partial charge is 0.0594 e. The van der Waals surface area contributed by atoms with E-state index in [1.54, 1.807) is 0 Å². The molecule has 0 heterocycles. The average Bonchev–Trinajstić information content (AvgIpc) is 3.12. The van der Waals surface area contributed by atoms with Gasteiger partial charge in [-0.25, -0.2) is 0 Å². The Morgan fingerprint density at radius 1 is 0.848 bits per heavy atom. The summed E-state index contributed by atoms with van der Waals surface area (Å²) in [7, 11) is 0. The van der Waals surface area contributed by atoms with E-state index < -0.39 is 0 Å². The van der Waals surface area contributed by atoms with Crippen molar-refractivity contribution in [2.75, 3.05) is 0 Å². The van der Waals surface area contributed by atoms with E-state index in [9.17, 15) is 10.3 Å². The van der Waals surface area contributed by atoms with E-state index in [1.165, 1.54) is 50.5 Å². The van der Waals surface area contributed by atoms with Crippen LogP contribution >= 0.6 is 0 Å². The van der Waals surface area contributed by atoms with Crippen LogP contribution in [0.5, 0.6) is 0 Å². The third-order valence-electron chi connectivity index (χ3n) is 13.4. The predicted octanol–water partition coefficient (Wildman–Crippen LogP) is 7.46. The SMILES string of the molecule is C=C(C)[C@@H]1CC[C@]2(/C=N\O)CC[C@]3(C)[C@H](CC[C@@H]4[C@@]5(C)CC[C@H](O)C(C)(C)[C@@H]5CC[C@]43C)[C@@H]12. The maximum absolute atomic E-state index is 10.9. The number of hydrogen-bond donors (Lipinski definition) is 2. The zero-order chi connectivity index (χ0) is 24.0. The minimum atomic E-state index is -0.158. The highest BCUT2D eigenvalue weighted by molar-refractivity contribution is 5.67. The van der Waals surface area contributed by atoms with Gasteiger partial charge in [0.2, 0.25) is 0 Å². The molecule has 3 heteroatoms. The van der Waals surface area contributed by atoms with Crippen molar-refractivity contribution in [2.45, 2.75) is 112 Å². The summed E-state index contributed by atoms with van der Waals surface area (Å²) in [5, 5.41) is 24.2. The second kappa shape index (κ2) is 7.34. The summed E-state index contributed by atoms with van der Waals surface area (Å²) in [6.07, 6.45) is 13.9. The van der Waals surface area contributed by atoms with E-state index >= 15 is 0 Å². The maximum atomic E-state index is 10.9. The second-order valence-electron chi connectivity index (χ2n) is 14.5. The molecule has 0 amide bonds. The van der Waals surface area contributed by atoms with Gasteiger partial charge in [0.25, 0.3) is 0 Å². The zero-order valence-electron chi connectivity index (χ0n) is 22.2. The van der Waals surface area contributed by atoms with Gasteiger partial charge in [-0.3, -0.25) is 0 Å². The number of nitrogens with zero attached hydrogens (tertiary/aromatic N) is 1. The van der Waals surface area contributed by atoms with Gasteiger partial charge in [0.15, 0.2) is 0 Å². The molecule has 186 valence electrons. The molecule has 5 rings (SSSR count). The second-order valence-corrected chi connectivity index (χ2v) is 14.5. The summed E-state index contributed by atoms with van der Waals surface area (Å²) >= 11 is 0. The molecule has 0 spiro atoms. The van der Waals surface area contributed by atoms with E-state index in [4.69, 9.17) is 0 Å². The van der Waals surface area contributed by atoms with Crippen LogP contribution < -0.4 is 0 Å². The molecular weight excluding hydrogens is 406 g/mol. The van der Waals surface area contributed by atoms with Gasteiger partial charge >= 0.3 is 0 Å². The van der Waals surface area contributed by atoms with E-state index in [-0.39, 0.29) is 16.9 Å². The third-order valence-corrected chi connectivity index (χ3v) is 13.4. The molecule has 0 aromatic carbocycles. The van der Waals surface area contributed by atoms with Gasteiger partial charge in [-0.05, 0) is 122 Å². The highest BCUT2D eigenvalue weighted by Crippen LogP contribution is 2.77. The Balaban J connectivity index is 1.56. The predicted molar refractivity (Wildman–Crippen MR) is 135 cm³/mol. The van der Waals surface area contributed by atoms with Crippen LogP contribution in [0, 0.1) is 56.7 Å². The fourth-order valence-corrected chi connectivity index (χ4v) is 11.5.